The molecule has 1 saturated carbocycles. The van der Waals surface area contributed by atoms with Gasteiger partial charge in [-0.1, -0.05) is 0 Å². The van der Waals surface area contributed by atoms with Gasteiger partial charge in [-0.15, -0.1) is 0 Å². The molecular weight excluding hydrogens is 412 g/mol. The van der Waals surface area contributed by atoms with Gasteiger partial charge in [-0.2, -0.15) is 0 Å². The number of nitrogens with one attached hydrogen (secondary N) is 2. The van der Waals surface area contributed by atoms with Crippen LogP contribution in [0.2, 0.25) is 0 Å². The minimum Gasteiger partial charge on any atom is -0.492 e. The third kappa shape index (κ3) is 4.76. The molecule has 2 aromatic rings. The predicted molar refractivity (Wildman–Crippen MR) is 111 cm³/mol. The highest BCUT2D eigenvalue weighted by molar-refractivity contribution is 7.89. The molecule has 0 bridgehead atoms. The molecule has 1 aliphatic rings. The standard InChI is InChI=1S/C20H26N2O7S/c1-4-30(25,26)22-13-7-5-12(6-8-13)19(23)21-14-9-10-16-15(11-14)17(27-2)18(29-16)20(24)28-3/h9-13,22H,4-8H2,1-3H3,(H,21,23)/t12-,13-. The molecule has 1 amide bonds. The van der Waals surface area contributed by atoms with Crippen LogP contribution in [-0.4, -0.2) is 46.3 Å². The van der Waals surface area contributed by atoms with Crippen LogP contribution < -0.4 is 14.8 Å². The average Bonchev–Trinajstić information content (AvgIpc) is 3.11. The van der Waals surface area contributed by atoms with Crippen LogP contribution >= 0.6 is 0 Å². The van der Waals surface area contributed by atoms with Gasteiger partial charge in [0.25, 0.3) is 5.76 Å². The zero-order valence-electron chi connectivity index (χ0n) is 17.2. The van der Waals surface area contributed by atoms with Crippen molar-refractivity contribution in [1.29, 1.82) is 0 Å². The molecule has 0 saturated heterocycles. The fourth-order valence-electron chi connectivity index (χ4n) is 3.64. The van der Waals surface area contributed by atoms with E-state index >= 15 is 0 Å². The van der Waals surface area contributed by atoms with E-state index in [0.29, 0.717) is 42.3 Å². The van der Waals surface area contributed by atoms with Gasteiger partial charge >= 0.3 is 5.97 Å². The number of esters is 1. The zero-order chi connectivity index (χ0) is 21.9. The summed E-state index contributed by atoms with van der Waals surface area (Å²) < 4.78 is 41.6. The van der Waals surface area contributed by atoms with Crippen molar-refractivity contribution < 1.29 is 31.9 Å². The van der Waals surface area contributed by atoms with Crippen molar-refractivity contribution in [2.45, 2.75) is 38.6 Å². The van der Waals surface area contributed by atoms with Crippen LogP contribution in [0.25, 0.3) is 11.0 Å². The number of fused-ring (bicyclic) bond motifs is 1. The van der Waals surface area contributed by atoms with Gasteiger partial charge in [-0.25, -0.2) is 17.9 Å². The second-order valence-electron chi connectivity index (χ2n) is 7.23. The molecule has 0 atom stereocenters. The van der Waals surface area contributed by atoms with Crippen LogP contribution in [0.5, 0.6) is 5.75 Å². The van der Waals surface area contributed by atoms with E-state index in [2.05, 4.69) is 10.0 Å². The van der Waals surface area contributed by atoms with Gasteiger partial charge < -0.3 is 19.2 Å². The maximum atomic E-state index is 12.7. The SMILES string of the molecule is CCS(=O)(=O)N[C@H]1CC[C@H](C(=O)Nc2ccc3oc(C(=O)OC)c(OC)c3c2)CC1. The van der Waals surface area contributed by atoms with Crippen LogP contribution in [0, 0.1) is 5.92 Å². The Bertz CT molecular complexity index is 1040. The predicted octanol–water partition coefficient (Wildman–Crippen LogP) is 2.66. The number of rotatable bonds is 7. The molecule has 1 fully saturated rings. The lowest BCUT2D eigenvalue weighted by atomic mass is 9.86. The summed E-state index contributed by atoms with van der Waals surface area (Å²) in [4.78, 5) is 24.5. The van der Waals surface area contributed by atoms with Crippen molar-refractivity contribution in [2.24, 2.45) is 5.92 Å². The Hall–Kier alpha value is -2.59. The molecule has 10 heteroatoms. The maximum absolute atomic E-state index is 12.7. The minimum absolute atomic E-state index is 0.0358. The highest BCUT2D eigenvalue weighted by Crippen LogP contribution is 2.35. The van der Waals surface area contributed by atoms with Gasteiger partial charge in [-0.05, 0) is 50.8 Å². The summed E-state index contributed by atoms with van der Waals surface area (Å²) in [6, 6.07) is 4.90. The number of benzene rings is 1. The molecule has 1 aliphatic carbocycles. The summed E-state index contributed by atoms with van der Waals surface area (Å²) >= 11 is 0. The highest BCUT2D eigenvalue weighted by atomic mass is 32.2. The smallest absolute Gasteiger partial charge is 0.377 e. The number of furan rings is 1. The molecule has 164 valence electrons. The van der Waals surface area contributed by atoms with E-state index in [0.717, 1.165) is 0 Å². The number of hydrogen-bond acceptors (Lipinski definition) is 7. The van der Waals surface area contributed by atoms with Crippen LogP contribution in [0.4, 0.5) is 5.69 Å². The van der Waals surface area contributed by atoms with Crippen molar-refractivity contribution in [3.8, 4) is 5.75 Å². The lowest BCUT2D eigenvalue weighted by Crippen LogP contribution is -2.40. The molecule has 30 heavy (non-hydrogen) atoms. The number of sulfonamides is 1. The van der Waals surface area contributed by atoms with Crippen LogP contribution in [-0.2, 0) is 19.6 Å². The van der Waals surface area contributed by atoms with E-state index in [9.17, 15) is 18.0 Å². The first-order chi connectivity index (χ1) is 14.3. The topological polar surface area (TPSA) is 124 Å². The molecule has 1 aromatic carbocycles. The Morgan fingerprint density at radius 3 is 2.47 bits per heavy atom. The first kappa shape index (κ1) is 22.1. The van der Waals surface area contributed by atoms with Gasteiger partial charge in [0.2, 0.25) is 15.9 Å². The largest absolute Gasteiger partial charge is 0.492 e. The summed E-state index contributed by atoms with van der Waals surface area (Å²) in [6.07, 6.45) is 2.45. The first-order valence-corrected chi connectivity index (χ1v) is 11.4. The molecule has 0 spiro atoms. The zero-order valence-corrected chi connectivity index (χ0v) is 18.0. The Kier molecular flexibility index (Phi) is 6.67. The molecule has 1 heterocycles. The number of hydrogen-bond donors (Lipinski definition) is 2. The van der Waals surface area contributed by atoms with E-state index in [4.69, 9.17) is 13.9 Å². The monoisotopic (exact) mass is 438 g/mol. The second kappa shape index (κ2) is 9.05. The van der Waals surface area contributed by atoms with E-state index in [1.807, 2.05) is 0 Å². The maximum Gasteiger partial charge on any atom is 0.377 e. The highest BCUT2D eigenvalue weighted by Gasteiger charge is 2.28. The van der Waals surface area contributed by atoms with Gasteiger partial charge in [-0.3, -0.25) is 4.79 Å². The second-order valence-corrected chi connectivity index (χ2v) is 9.27. The van der Waals surface area contributed by atoms with Gasteiger partial charge in [0.1, 0.15) is 5.58 Å². The normalized spacial score (nSPS) is 19.4. The number of amides is 1. The number of anilines is 1. The van der Waals surface area contributed by atoms with Crippen LogP contribution in [0.3, 0.4) is 0 Å². The Labute approximate surface area is 175 Å². The summed E-state index contributed by atoms with van der Waals surface area (Å²) in [5.74, 6) is -0.709. The molecule has 0 aliphatic heterocycles. The van der Waals surface area contributed by atoms with E-state index < -0.39 is 16.0 Å². The number of ether oxygens (including phenoxy) is 2. The van der Waals surface area contributed by atoms with Crippen molar-refractivity contribution in [2.75, 3.05) is 25.3 Å². The Morgan fingerprint density at radius 1 is 1.17 bits per heavy atom. The fraction of sp³-hybridized carbons (Fsp3) is 0.500. The number of carbonyl (C=O) groups excluding carboxylic acids is 2. The average molecular weight is 439 g/mol. The summed E-state index contributed by atoms with van der Waals surface area (Å²) in [5, 5.41) is 3.44. The van der Waals surface area contributed by atoms with Crippen molar-refractivity contribution in [3.63, 3.8) is 0 Å². The van der Waals surface area contributed by atoms with E-state index in [1.54, 1.807) is 25.1 Å². The molecule has 0 unspecified atom stereocenters. The number of carbonyl (C=O) groups is 2. The van der Waals surface area contributed by atoms with Gasteiger partial charge in [0, 0.05) is 17.6 Å². The summed E-state index contributed by atoms with van der Waals surface area (Å²) in [6.45, 7) is 1.60. The van der Waals surface area contributed by atoms with Crippen LogP contribution in [0.15, 0.2) is 22.6 Å². The summed E-state index contributed by atoms with van der Waals surface area (Å²) in [5.41, 5.74) is 0.991. The summed E-state index contributed by atoms with van der Waals surface area (Å²) in [7, 11) is -0.567. The Morgan fingerprint density at radius 2 is 1.87 bits per heavy atom. The van der Waals surface area contributed by atoms with Gasteiger partial charge in [0.05, 0.1) is 25.4 Å². The third-order valence-electron chi connectivity index (χ3n) is 5.31. The first-order valence-electron chi connectivity index (χ1n) is 9.77. The van der Waals surface area contributed by atoms with Crippen LogP contribution in [0.1, 0.15) is 43.2 Å². The molecule has 3 rings (SSSR count). The molecule has 1 aromatic heterocycles. The third-order valence-corrected chi connectivity index (χ3v) is 6.76. The molecule has 2 N–H and O–H groups in total. The van der Waals surface area contributed by atoms with E-state index in [1.165, 1.54) is 14.2 Å². The fourth-order valence-corrected chi connectivity index (χ4v) is 4.55. The van der Waals surface area contributed by atoms with Crippen molar-refractivity contribution in [3.05, 3.63) is 24.0 Å². The molecular formula is C20H26N2O7S. The lowest BCUT2D eigenvalue weighted by molar-refractivity contribution is -0.120. The lowest BCUT2D eigenvalue weighted by Gasteiger charge is -2.28. The van der Waals surface area contributed by atoms with E-state index in [-0.39, 0.29) is 35.1 Å². The van der Waals surface area contributed by atoms with Crippen molar-refractivity contribution >= 4 is 38.6 Å². The quantitative estimate of drug-likeness (QED) is 0.637. The Balaban J connectivity index is 1.68. The molecule has 0 radical (unpaired) electrons. The molecule has 9 nitrogen and oxygen atoms in total. The van der Waals surface area contributed by atoms with Gasteiger partial charge in [0.15, 0.2) is 5.75 Å². The minimum atomic E-state index is -3.24. The van der Waals surface area contributed by atoms with Crippen molar-refractivity contribution in [1.82, 2.24) is 4.72 Å². The number of methoxy groups -OCH3 is 2.